The van der Waals surface area contributed by atoms with Crippen molar-refractivity contribution in [1.82, 2.24) is 14.7 Å². The van der Waals surface area contributed by atoms with Gasteiger partial charge in [0.1, 0.15) is 0 Å². The molecule has 2 fully saturated rings. The summed E-state index contributed by atoms with van der Waals surface area (Å²) < 4.78 is 5.18. The zero-order valence-corrected chi connectivity index (χ0v) is 12.8. The summed E-state index contributed by atoms with van der Waals surface area (Å²) in [6, 6.07) is -0.873. The number of hydrogen-bond acceptors (Lipinski definition) is 4. The summed E-state index contributed by atoms with van der Waals surface area (Å²) in [4.78, 5) is 29.3. The van der Waals surface area contributed by atoms with Gasteiger partial charge >= 0.3 is 12.0 Å². The average molecular weight is 299 g/mol. The number of morpholine rings is 1. The minimum atomic E-state index is -1.00. The second-order valence-corrected chi connectivity index (χ2v) is 5.68. The first-order chi connectivity index (χ1) is 10.0. The van der Waals surface area contributed by atoms with Gasteiger partial charge in [-0.05, 0) is 19.4 Å². The molecule has 2 aliphatic rings. The van der Waals surface area contributed by atoms with E-state index in [2.05, 4.69) is 11.8 Å². The van der Waals surface area contributed by atoms with Crippen LogP contribution >= 0.6 is 0 Å². The van der Waals surface area contributed by atoms with Gasteiger partial charge in [0, 0.05) is 32.7 Å². The SMILES string of the molecule is CCN1CCC(N(C)C(=O)N2CCOCC2C(=O)O)CC1. The van der Waals surface area contributed by atoms with Crippen molar-refractivity contribution in [2.45, 2.75) is 31.8 Å². The average Bonchev–Trinajstić information content (AvgIpc) is 2.53. The van der Waals surface area contributed by atoms with E-state index in [1.165, 1.54) is 4.90 Å². The lowest BCUT2D eigenvalue weighted by Crippen LogP contribution is -2.58. The quantitative estimate of drug-likeness (QED) is 0.812. The van der Waals surface area contributed by atoms with Gasteiger partial charge in [0.15, 0.2) is 6.04 Å². The molecule has 2 aliphatic heterocycles. The van der Waals surface area contributed by atoms with Crippen LogP contribution in [0.25, 0.3) is 0 Å². The molecule has 7 heteroatoms. The van der Waals surface area contributed by atoms with Gasteiger partial charge in [0.2, 0.25) is 0 Å². The van der Waals surface area contributed by atoms with E-state index in [-0.39, 0.29) is 18.7 Å². The van der Waals surface area contributed by atoms with Crippen LogP contribution < -0.4 is 0 Å². The first kappa shape index (κ1) is 16.0. The van der Waals surface area contributed by atoms with Crippen molar-refractivity contribution in [3.8, 4) is 0 Å². The fourth-order valence-corrected chi connectivity index (χ4v) is 3.02. The predicted molar refractivity (Wildman–Crippen MR) is 77.2 cm³/mol. The van der Waals surface area contributed by atoms with Crippen LogP contribution in [0.5, 0.6) is 0 Å². The van der Waals surface area contributed by atoms with E-state index in [1.807, 2.05) is 0 Å². The molecular weight excluding hydrogens is 274 g/mol. The van der Waals surface area contributed by atoms with Crippen LogP contribution in [0.3, 0.4) is 0 Å². The molecule has 7 nitrogen and oxygen atoms in total. The number of carboxylic acid groups (broad SMARTS) is 1. The normalized spacial score (nSPS) is 24.9. The lowest BCUT2D eigenvalue weighted by molar-refractivity contribution is -0.147. The zero-order valence-electron chi connectivity index (χ0n) is 12.8. The monoisotopic (exact) mass is 299 g/mol. The van der Waals surface area contributed by atoms with Crippen molar-refractivity contribution in [1.29, 1.82) is 0 Å². The van der Waals surface area contributed by atoms with E-state index in [9.17, 15) is 14.7 Å². The van der Waals surface area contributed by atoms with Crippen molar-refractivity contribution in [3.05, 3.63) is 0 Å². The summed E-state index contributed by atoms with van der Waals surface area (Å²) in [6.45, 7) is 5.97. The Hall–Kier alpha value is -1.34. The van der Waals surface area contributed by atoms with E-state index < -0.39 is 12.0 Å². The van der Waals surface area contributed by atoms with E-state index in [4.69, 9.17) is 4.74 Å². The highest BCUT2D eigenvalue weighted by molar-refractivity contribution is 5.83. The van der Waals surface area contributed by atoms with Crippen molar-refractivity contribution in [2.24, 2.45) is 0 Å². The number of piperidine rings is 1. The number of carbonyl (C=O) groups excluding carboxylic acids is 1. The van der Waals surface area contributed by atoms with Crippen LogP contribution in [0.15, 0.2) is 0 Å². The van der Waals surface area contributed by atoms with Crippen molar-refractivity contribution < 1.29 is 19.4 Å². The maximum atomic E-state index is 12.6. The van der Waals surface area contributed by atoms with Gasteiger partial charge < -0.3 is 24.5 Å². The predicted octanol–water partition coefficient (Wildman–Crippen LogP) is 0.308. The van der Waals surface area contributed by atoms with E-state index in [0.29, 0.717) is 13.2 Å². The van der Waals surface area contributed by atoms with E-state index >= 15 is 0 Å². The number of aliphatic carboxylic acids is 1. The highest BCUT2D eigenvalue weighted by Crippen LogP contribution is 2.18. The topological polar surface area (TPSA) is 73.3 Å². The molecule has 0 saturated carbocycles. The summed E-state index contributed by atoms with van der Waals surface area (Å²) in [7, 11) is 1.78. The van der Waals surface area contributed by atoms with Crippen molar-refractivity contribution >= 4 is 12.0 Å². The molecule has 0 aliphatic carbocycles. The molecule has 21 heavy (non-hydrogen) atoms. The number of hydrogen-bond donors (Lipinski definition) is 1. The maximum Gasteiger partial charge on any atom is 0.328 e. The molecule has 1 N–H and O–H groups in total. The van der Waals surface area contributed by atoms with Gasteiger partial charge in [-0.25, -0.2) is 9.59 Å². The Bertz CT molecular complexity index is 382. The lowest BCUT2D eigenvalue weighted by atomic mass is 10.0. The largest absolute Gasteiger partial charge is 0.480 e. The summed E-state index contributed by atoms with van der Waals surface area (Å²) >= 11 is 0. The molecule has 0 aromatic heterocycles. The number of rotatable bonds is 3. The summed E-state index contributed by atoms with van der Waals surface area (Å²) in [5.74, 6) is -1.00. The smallest absolute Gasteiger partial charge is 0.328 e. The number of urea groups is 1. The van der Waals surface area contributed by atoms with Crippen LogP contribution in [0.1, 0.15) is 19.8 Å². The molecule has 2 amide bonds. The molecule has 1 unspecified atom stereocenters. The first-order valence-corrected chi connectivity index (χ1v) is 7.61. The van der Waals surface area contributed by atoms with Gasteiger partial charge in [-0.2, -0.15) is 0 Å². The van der Waals surface area contributed by atoms with Gasteiger partial charge in [-0.15, -0.1) is 0 Å². The third kappa shape index (κ3) is 3.65. The minimum absolute atomic E-state index is 0.0726. The molecule has 120 valence electrons. The molecule has 0 spiro atoms. The maximum absolute atomic E-state index is 12.6. The highest BCUT2D eigenvalue weighted by Gasteiger charge is 2.36. The third-order valence-corrected chi connectivity index (χ3v) is 4.51. The number of amides is 2. The van der Waals surface area contributed by atoms with Gasteiger partial charge in [-0.1, -0.05) is 6.92 Å². The second-order valence-electron chi connectivity index (χ2n) is 5.68. The van der Waals surface area contributed by atoms with Gasteiger partial charge in [0.05, 0.1) is 13.2 Å². The molecule has 1 atom stereocenters. The number of ether oxygens (including phenoxy) is 1. The fourth-order valence-electron chi connectivity index (χ4n) is 3.02. The van der Waals surface area contributed by atoms with Crippen LogP contribution in [0.4, 0.5) is 4.79 Å². The fraction of sp³-hybridized carbons (Fsp3) is 0.857. The Balaban J connectivity index is 1.96. The van der Waals surface area contributed by atoms with Crippen LogP contribution in [-0.2, 0) is 9.53 Å². The number of carbonyl (C=O) groups is 2. The van der Waals surface area contributed by atoms with Gasteiger partial charge in [-0.3, -0.25) is 0 Å². The minimum Gasteiger partial charge on any atom is -0.480 e. The van der Waals surface area contributed by atoms with Crippen LogP contribution in [-0.4, -0.2) is 90.3 Å². The highest BCUT2D eigenvalue weighted by atomic mass is 16.5. The third-order valence-electron chi connectivity index (χ3n) is 4.51. The Labute approximate surface area is 125 Å². The molecule has 0 aromatic carbocycles. The van der Waals surface area contributed by atoms with Gasteiger partial charge in [0.25, 0.3) is 0 Å². The second kappa shape index (κ2) is 7.09. The zero-order chi connectivity index (χ0) is 15.4. The standard InChI is InChI=1S/C14H25N3O4/c1-3-16-6-4-11(5-7-16)15(2)14(20)17-8-9-21-10-12(17)13(18)19/h11-12H,3-10H2,1-2H3,(H,18,19). The molecular formula is C14H25N3O4. The van der Waals surface area contributed by atoms with E-state index in [1.54, 1.807) is 11.9 Å². The molecule has 0 bridgehead atoms. The summed E-state index contributed by atoms with van der Waals surface area (Å²) in [5, 5.41) is 9.22. The number of likely N-dealkylation sites (tertiary alicyclic amines) is 1. The summed E-state index contributed by atoms with van der Waals surface area (Å²) in [6.07, 6.45) is 1.89. The molecule has 0 aromatic rings. The Morgan fingerprint density at radius 2 is 1.95 bits per heavy atom. The molecule has 0 radical (unpaired) electrons. The number of nitrogens with zero attached hydrogens (tertiary/aromatic N) is 3. The lowest BCUT2D eigenvalue weighted by Gasteiger charge is -2.41. The Morgan fingerprint density at radius 3 is 2.52 bits per heavy atom. The van der Waals surface area contributed by atoms with Crippen molar-refractivity contribution in [3.63, 3.8) is 0 Å². The van der Waals surface area contributed by atoms with Crippen LogP contribution in [0.2, 0.25) is 0 Å². The Morgan fingerprint density at radius 1 is 1.29 bits per heavy atom. The Kier molecular flexibility index (Phi) is 5.41. The molecule has 2 rings (SSSR count). The van der Waals surface area contributed by atoms with Crippen molar-refractivity contribution in [2.75, 3.05) is 46.4 Å². The number of carboxylic acids is 1. The van der Waals surface area contributed by atoms with Crippen LogP contribution in [0, 0.1) is 0 Å². The molecule has 2 heterocycles. The summed E-state index contributed by atoms with van der Waals surface area (Å²) in [5.41, 5.74) is 0. The van der Waals surface area contributed by atoms with E-state index in [0.717, 1.165) is 32.5 Å². The first-order valence-electron chi connectivity index (χ1n) is 7.61. The molecule has 2 saturated heterocycles.